The van der Waals surface area contributed by atoms with E-state index in [1.54, 1.807) is 11.8 Å². The van der Waals surface area contributed by atoms with Gasteiger partial charge in [-0.1, -0.05) is 29.8 Å². The third-order valence-corrected chi connectivity index (χ3v) is 9.32. The van der Waals surface area contributed by atoms with Gasteiger partial charge in [0.25, 0.3) is 0 Å². The summed E-state index contributed by atoms with van der Waals surface area (Å²) in [5.41, 5.74) is 0.992. The predicted molar refractivity (Wildman–Crippen MR) is 141 cm³/mol. The summed E-state index contributed by atoms with van der Waals surface area (Å²) in [6.45, 7) is 5.15. The number of nitrogens with zero attached hydrogens (tertiary/aromatic N) is 2. The van der Waals surface area contributed by atoms with E-state index in [1.807, 2.05) is 18.2 Å². The van der Waals surface area contributed by atoms with Crippen molar-refractivity contribution < 1.29 is 27.3 Å². The summed E-state index contributed by atoms with van der Waals surface area (Å²) in [5.74, 6) is 1.08. The molecule has 2 amide bonds. The molecule has 38 heavy (non-hydrogen) atoms. The maximum Gasteiger partial charge on any atom is 0.245 e. The Labute approximate surface area is 224 Å². The van der Waals surface area contributed by atoms with Crippen molar-refractivity contribution in [2.75, 3.05) is 32.8 Å². The molecule has 10 nitrogen and oxygen atoms in total. The summed E-state index contributed by atoms with van der Waals surface area (Å²) >= 11 is 0. The molecule has 1 aromatic carbocycles. The first-order valence-corrected chi connectivity index (χ1v) is 14.9. The quantitative estimate of drug-likeness (QED) is 0.590. The Morgan fingerprint density at radius 2 is 1.89 bits per heavy atom. The van der Waals surface area contributed by atoms with Crippen molar-refractivity contribution in [2.45, 2.75) is 70.1 Å². The summed E-state index contributed by atoms with van der Waals surface area (Å²) in [6, 6.07) is 8.12. The summed E-state index contributed by atoms with van der Waals surface area (Å²) in [7, 11) is -3.81. The number of hydrogen-bond donors (Lipinski definition) is 2. The molecule has 2 aromatic rings. The number of benzene rings is 1. The standard InChI is InChI=1S/C27H38N4O6S/c1-20-25(21(2)37-30-20)38(34,35)29-16-11-24(32)31-17-13-27(14-18-31)12-6-5-9-22-8-3-4-10-23(22)36-19-7-15-28-26(27)33/h3-4,8,10,29H,5-7,9,11-19H2,1-2H3,(H,28,33). The average Bonchev–Trinajstić information content (AvgIpc) is 3.25. The number of para-hydroxylation sites is 1. The Morgan fingerprint density at radius 1 is 1.13 bits per heavy atom. The van der Waals surface area contributed by atoms with Crippen LogP contribution < -0.4 is 14.8 Å². The molecule has 0 saturated carbocycles. The maximum absolute atomic E-state index is 13.3. The van der Waals surface area contributed by atoms with E-state index in [0.717, 1.165) is 37.9 Å². The SMILES string of the molecule is Cc1noc(C)c1S(=O)(=O)NCCC(=O)N1CCC2(CCCCc3ccccc3OCCCNC2=O)CC1. The average molecular weight is 547 g/mol. The molecule has 11 heteroatoms. The fourth-order valence-corrected chi connectivity index (χ4v) is 6.79. The topological polar surface area (TPSA) is 131 Å². The van der Waals surface area contributed by atoms with Crippen LogP contribution in [-0.2, 0) is 26.0 Å². The zero-order valence-corrected chi connectivity index (χ0v) is 23.1. The molecule has 0 unspecified atom stereocenters. The molecule has 1 saturated heterocycles. The van der Waals surface area contributed by atoms with Crippen LogP contribution in [-0.4, -0.2) is 63.1 Å². The fraction of sp³-hybridized carbons (Fsp3) is 0.593. The molecule has 1 spiro atoms. The molecule has 2 aliphatic rings. The normalized spacial score (nSPS) is 18.9. The summed E-state index contributed by atoms with van der Waals surface area (Å²) in [4.78, 5) is 27.9. The minimum absolute atomic E-state index is 0.0170. The number of ether oxygens (including phenoxy) is 1. The molecular formula is C27H38N4O6S. The van der Waals surface area contributed by atoms with E-state index in [0.29, 0.717) is 39.1 Å². The lowest BCUT2D eigenvalue weighted by atomic mass is 9.73. The van der Waals surface area contributed by atoms with Crippen molar-refractivity contribution in [2.24, 2.45) is 5.41 Å². The summed E-state index contributed by atoms with van der Waals surface area (Å²) in [5, 5.41) is 6.80. The second kappa shape index (κ2) is 12.3. The van der Waals surface area contributed by atoms with Gasteiger partial charge >= 0.3 is 0 Å². The third-order valence-electron chi connectivity index (χ3n) is 7.61. The highest BCUT2D eigenvalue weighted by Crippen LogP contribution is 2.38. The Morgan fingerprint density at radius 3 is 2.63 bits per heavy atom. The molecule has 0 bridgehead atoms. The lowest BCUT2D eigenvalue weighted by molar-refractivity contribution is -0.141. The van der Waals surface area contributed by atoms with Crippen molar-refractivity contribution >= 4 is 21.8 Å². The van der Waals surface area contributed by atoms with Crippen molar-refractivity contribution in [1.29, 1.82) is 0 Å². The molecule has 0 atom stereocenters. The lowest BCUT2D eigenvalue weighted by Crippen LogP contribution is -2.50. The Bertz CT molecular complexity index is 1210. The van der Waals surface area contributed by atoms with E-state index in [2.05, 4.69) is 21.3 Å². The Kier molecular flexibility index (Phi) is 9.09. The molecule has 0 aliphatic carbocycles. The number of aryl methyl sites for hydroxylation is 3. The Balaban J connectivity index is 1.31. The van der Waals surface area contributed by atoms with E-state index in [1.165, 1.54) is 12.5 Å². The smallest absolute Gasteiger partial charge is 0.245 e. The van der Waals surface area contributed by atoms with Gasteiger partial charge in [-0.25, -0.2) is 13.1 Å². The van der Waals surface area contributed by atoms with Gasteiger partial charge in [0.2, 0.25) is 21.8 Å². The number of sulfonamides is 1. The number of likely N-dealkylation sites (tertiary alicyclic amines) is 1. The van der Waals surface area contributed by atoms with E-state index in [9.17, 15) is 18.0 Å². The number of hydrogen-bond acceptors (Lipinski definition) is 7. The summed E-state index contributed by atoms with van der Waals surface area (Å²) < 4.78 is 38.6. The molecule has 2 N–H and O–H groups in total. The van der Waals surface area contributed by atoms with Crippen LogP contribution in [0.5, 0.6) is 5.75 Å². The van der Waals surface area contributed by atoms with Gasteiger partial charge in [-0.15, -0.1) is 0 Å². The maximum atomic E-state index is 13.3. The second-order valence-electron chi connectivity index (χ2n) is 10.2. The van der Waals surface area contributed by atoms with Gasteiger partial charge in [0.05, 0.1) is 12.0 Å². The number of fused-ring (bicyclic) bond motifs is 1. The molecule has 2 aliphatic heterocycles. The number of aromatic nitrogens is 1. The third kappa shape index (κ3) is 6.55. The first-order chi connectivity index (χ1) is 18.2. The monoisotopic (exact) mass is 546 g/mol. The number of amides is 2. The number of rotatable bonds is 5. The molecule has 1 fully saturated rings. The zero-order chi connectivity index (χ0) is 27.2. The molecular weight excluding hydrogens is 508 g/mol. The van der Waals surface area contributed by atoms with Crippen LogP contribution in [0.15, 0.2) is 33.7 Å². The highest BCUT2D eigenvalue weighted by Gasteiger charge is 2.41. The van der Waals surface area contributed by atoms with Crippen LogP contribution in [0.1, 0.15) is 62.0 Å². The highest BCUT2D eigenvalue weighted by molar-refractivity contribution is 7.89. The van der Waals surface area contributed by atoms with Gasteiger partial charge in [0.15, 0.2) is 5.76 Å². The van der Waals surface area contributed by atoms with E-state index in [4.69, 9.17) is 9.26 Å². The molecule has 0 radical (unpaired) electrons. The van der Waals surface area contributed by atoms with E-state index in [-0.39, 0.29) is 41.1 Å². The molecule has 208 valence electrons. The van der Waals surface area contributed by atoms with Crippen LogP contribution in [0.4, 0.5) is 0 Å². The molecule has 4 rings (SSSR count). The number of piperidine rings is 1. The second-order valence-corrected chi connectivity index (χ2v) is 11.9. The number of carbonyl (C=O) groups is 2. The van der Waals surface area contributed by atoms with Crippen molar-refractivity contribution in [3.8, 4) is 5.75 Å². The van der Waals surface area contributed by atoms with Gasteiger partial charge in [-0.2, -0.15) is 0 Å². The van der Waals surface area contributed by atoms with Crippen molar-refractivity contribution in [1.82, 2.24) is 20.1 Å². The first kappa shape index (κ1) is 28.1. The Hall–Kier alpha value is -2.92. The van der Waals surface area contributed by atoms with Crippen LogP contribution in [0.2, 0.25) is 0 Å². The van der Waals surface area contributed by atoms with Crippen molar-refractivity contribution in [3.05, 3.63) is 41.3 Å². The van der Waals surface area contributed by atoms with Gasteiger partial charge < -0.3 is 19.5 Å². The number of carbonyl (C=O) groups excluding carboxylic acids is 2. The van der Waals surface area contributed by atoms with Gasteiger partial charge in [0.1, 0.15) is 16.3 Å². The number of nitrogens with one attached hydrogen (secondary N) is 2. The summed E-state index contributed by atoms with van der Waals surface area (Å²) in [6.07, 6.45) is 5.53. The zero-order valence-electron chi connectivity index (χ0n) is 22.3. The van der Waals surface area contributed by atoms with Crippen LogP contribution in [0.3, 0.4) is 0 Å². The van der Waals surface area contributed by atoms with Crippen LogP contribution in [0, 0.1) is 19.3 Å². The molecule has 1 aromatic heterocycles. The van der Waals surface area contributed by atoms with Gasteiger partial charge in [-0.3, -0.25) is 9.59 Å². The first-order valence-electron chi connectivity index (χ1n) is 13.4. The molecule has 3 heterocycles. The van der Waals surface area contributed by atoms with Crippen LogP contribution >= 0.6 is 0 Å². The fourth-order valence-electron chi connectivity index (χ4n) is 5.43. The van der Waals surface area contributed by atoms with Crippen molar-refractivity contribution in [3.63, 3.8) is 0 Å². The predicted octanol–water partition coefficient (Wildman–Crippen LogP) is 2.88. The van der Waals surface area contributed by atoms with Gasteiger partial charge in [-0.05, 0) is 64.0 Å². The highest BCUT2D eigenvalue weighted by atomic mass is 32.2. The van der Waals surface area contributed by atoms with Gasteiger partial charge in [0, 0.05) is 32.6 Å². The minimum atomic E-state index is -3.81. The minimum Gasteiger partial charge on any atom is -0.493 e. The van der Waals surface area contributed by atoms with Crippen LogP contribution in [0.25, 0.3) is 0 Å². The van der Waals surface area contributed by atoms with E-state index >= 15 is 0 Å². The largest absolute Gasteiger partial charge is 0.493 e. The van der Waals surface area contributed by atoms with E-state index < -0.39 is 15.4 Å². The lowest BCUT2D eigenvalue weighted by Gasteiger charge is -2.41.